The lowest BCUT2D eigenvalue weighted by Crippen LogP contribution is -2.30. The van der Waals surface area contributed by atoms with E-state index in [-0.39, 0.29) is 17.9 Å². The van der Waals surface area contributed by atoms with Crippen LogP contribution in [0.15, 0.2) is 10.9 Å². The Morgan fingerprint density at radius 3 is 3.13 bits per heavy atom. The van der Waals surface area contributed by atoms with E-state index in [0.29, 0.717) is 6.54 Å². The fraction of sp³-hybridized carbons (Fsp3) is 0.600. The number of carbonyl (C=O) groups is 1. The molecule has 0 bridgehead atoms. The van der Waals surface area contributed by atoms with E-state index in [4.69, 9.17) is 5.73 Å². The van der Waals surface area contributed by atoms with Gasteiger partial charge >= 0.3 is 0 Å². The molecule has 5 heteroatoms. The lowest BCUT2D eigenvalue weighted by molar-refractivity contribution is -0.125. The largest absolute Gasteiger partial charge is 0.350 e. The maximum absolute atomic E-state index is 11.7. The quantitative estimate of drug-likeness (QED) is 0.802. The van der Waals surface area contributed by atoms with E-state index in [0.717, 1.165) is 25.0 Å². The van der Waals surface area contributed by atoms with E-state index in [9.17, 15) is 4.79 Å². The lowest BCUT2D eigenvalue weighted by atomic mass is 10.1. The van der Waals surface area contributed by atoms with E-state index in [1.807, 2.05) is 5.38 Å². The van der Waals surface area contributed by atoms with Crippen LogP contribution in [0, 0.1) is 5.92 Å². The van der Waals surface area contributed by atoms with Crippen molar-refractivity contribution < 1.29 is 4.79 Å². The van der Waals surface area contributed by atoms with Gasteiger partial charge in [0.25, 0.3) is 0 Å². The van der Waals surface area contributed by atoms with E-state index in [1.165, 1.54) is 0 Å². The molecule has 0 aliphatic heterocycles. The minimum absolute atomic E-state index is 0.110. The molecule has 4 nitrogen and oxygen atoms in total. The number of thiazole rings is 1. The molecular formula is C10H15N3OS. The second kappa shape index (κ2) is 4.72. The number of nitrogens with zero attached hydrogens (tertiary/aromatic N) is 1. The van der Waals surface area contributed by atoms with Crippen molar-refractivity contribution in [3.8, 4) is 0 Å². The van der Waals surface area contributed by atoms with Crippen LogP contribution in [0.2, 0.25) is 0 Å². The smallest absolute Gasteiger partial charge is 0.223 e. The molecule has 0 radical (unpaired) electrons. The average Bonchev–Trinajstić information content (AvgIpc) is 2.84. The molecule has 1 aliphatic rings. The summed E-state index contributed by atoms with van der Waals surface area (Å²) in [4.78, 5) is 15.8. The number of rotatable bonds is 3. The van der Waals surface area contributed by atoms with Gasteiger partial charge < -0.3 is 11.1 Å². The van der Waals surface area contributed by atoms with E-state index < -0.39 is 0 Å². The Balaban J connectivity index is 1.78. The molecule has 1 fully saturated rings. The first kappa shape index (κ1) is 10.6. The Hall–Kier alpha value is -0.940. The van der Waals surface area contributed by atoms with Crippen LogP contribution in [0.25, 0.3) is 0 Å². The van der Waals surface area contributed by atoms with Gasteiger partial charge in [-0.3, -0.25) is 4.79 Å². The first-order valence-electron chi connectivity index (χ1n) is 5.16. The van der Waals surface area contributed by atoms with Gasteiger partial charge in [0.2, 0.25) is 5.91 Å². The summed E-state index contributed by atoms with van der Waals surface area (Å²) in [5.41, 5.74) is 8.46. The van der Waals surface area contributed by atoms with Crippen LogP contribution in [0.4, 0.5) is 0 Å². The fourth-order valence-corrected chi connectivity index (χ4v) is 2.46. The molecule has 0 spiro atoms. The van der Waals surface area contributed by atoms with Crippen LogP contribution in [0.1, 0.15) is 25.0 Å². The molecule has 1 aromatic rings. The molecular weight excluding hydrogens is 210 g/mol. The van der Waals surface area contributed by atoms with E-state index >= 15 is 0 Å². The Bertz CT molecular complexity index is 325. The van der Waals surface area contributed by atoms with Crippen molar-refractivity contribution in [2.45, 2.75) is 31.8 Å². The van der Waals surface area contributed by atoms with Crippen molar-refractivity contribution in [3.05, 3.63) is 16.6 Å². The van der Waals surface area contributed by atoms with Crippen molar-refractivity contribution in [1.29, 1.82) is 0 Å². The summed E-state index contributed by atoms with van der Waals surface area (Å²) in [6.45, 7) is 0.536. The molecule has 1 aromatic heterocycles. The zero-order chi connectivity index (χ0) is 10.7. The van der Waals surface area contributed by atoms with Gasteiger partial charge in [0, 0.05) is 17.3 Å². The van der Waals surface area contributed by atoms with Gasteiger partial charge in [-0.15, -0.1) is 11.3 Å². The maximum atomic E-state index is 11.7. The normalized spacial score (nSPS) is 25.4. The second-order valence-corrected chi connectivity index (χ2v) is 4.69. The van der Waals surface area contributed by atoms with Gasteiger partial charge in [-0.25, -0.2) is 4.98 Å². The monoisotopic (exact) mass is 225 g/mol. The second-order valence-electron chi connectivity index (χ2n) is 3.97. The summed E-state index contributed by atoms with van der Waals surface area (Å²) in [7, 11) is 0. The Kier molecular flexibility index (Phi) is 3.33. The van der Waals surface area contributed by atoms with Crippen LogP contribution in [0.5, 0.6) is 0 Å². The molecule has 2 unspecified atom stereocenters. The minimum Gasteiger partial charge on any atom is -0.350 e. The van der Waals surface area contributed by atoms with Gasteiger partial charge in [-0.2, -0.15) is 0 Å². The Labute approximate surface area is 92.9 Å². The van der Waals surface area contributed by atoms with E-state index in [1.54, 1.807) is 16.8 Å². The molecule has 2 atom stereocenters. The first-order chi connectivity index (χ1) is 7.25. The van der Waals surface area contributed by atoms with Gasteiger partial charge in [0.15, 0.2) is 0 Å². The molecule has 3 N–H and O–H groups in total. The summed E-state index contributed by atoms with van der Waals surface area (Å²) >= 11 is 1.54. The van der Waals surface area contributed by atoms with Crippen molar-refractivity contribution in [1.82, 2.24) is 10.3 Å². The molecule has 82 valence electrons. The standard InChI is InChI=1S/C10H15N3OS/c11-8-2-1-7(3-8)10(14)12-4-9-5-15-6-13-9/h5-8H,1-4,11H2,(H,12,14). The van der Waals surface area contributed by atoms with Gasteiger partial charge in [0.1, 0.15) is 0 Å². The zero-order valence-corrected chi connectivity index (χ0v) is 9.30. The number of nitrogens with two attached hydrogens (primary N) is 1. The minimum atomic E-state index is 0.110. The molecule has 1 saturated carbocycles. The van der Waals surface area contributed by atoms with Crippen LogP contribution >= 0.6 is 11.3 Å². The zero-order valence-electron chi connectivity index (χ0n) is 8.48. The topological polar surface area (TPSA) is 68.0 Å². The average molecular weight is 225 g/mol. The Morgan fingerprint density at radius 2 is 2.53 bits per heavy atom. The summed E-state index contributed by atoms with van der Waals surface area (Å²) in [5.74, 6) is 0.231. The van der Waals surface area contributed by atoms with Crippen LogP contribution < -0.4 is 11.1 Å². The predicted octanol–water partition coefficient (Wildman–Crippen LogP) is 0.887. The highest BCUT2D eigenvalue weighted by Gasteiger charge is 2.27. The summed E-state index contributed by atoms with van der Waals surface area (Å²) in [5, 5.41) is 4.84. The van der Waals surface area contributed by atoms with Crippen LogP contribution in [-0.2, 0) is 11.3 Å². The molecule has 2 rings (SSSR count). The maximum Gasteiger partial charge on any atom is 0.223 e. The fourth-order valence-electron chi connectivity index (χ4n) is 1.90. The first-order valence-corrected chi connectivity index (χ1v) is 6.10. The SMILES string of the molecule is NC1CCC(C(=O)NCc2cscn2)C1. The summed E-state index contributed by atoms with van der Waals surface area (Å²) in [6.07, 6.45) is 2.71. The molecule has 1 amide bonds. The number of amides is 1. The third-order valence-electron chi connectivity index (χ3n) is 2.77. The van der Waals surface area contributed by atoms with Gasteiger partial charge in [-0.1, -0.05) is 0 Å². The number of hydrogen-bond acceptors (Lipinski definition) is 4. The number of aromatic nitrogens is 1. The highest BCUT2D eigenvalue weighted by molar-refractivity contribution is 7.07. The van der Waals surface area contributed by atoms with Crippen LogP contribution in [0.3, 0.4) is 0 Å². The summed E-state index contributed by atoms with van der Waals surface area (Å²) < 4.78 is 0. The van der Waals surface area contributed by atoms with Crippen molar-refractivity contribution in [2.75, 3.05) is 0 Å². The molecule has 0 aromatic carbocycles. The predicted molar refractivity (Wildman–Crippen MR) is 59.3 cm³/mol. The molecule has 15 heavy (non-hydrogen) atoms. The molecule has 1 heterocycles. The van der Waals surface area contributed by atoms with Crippen molar-refractivity contribution in [3.63, 3.8) is 0 Å². The highest BCUT2D eigenvalue weighted by Crippen LogP contribution is 2.24. The number of hydrogen-bond donors (Lipinski definition) is 2. The number of nitrogens with one attached hydrogen (secondary N) is 1. The Morgan fingerprint density at radius 1 is 1.67 bits per heavy atom. The highest BCUT2D eigenvalue weighted by atomic mass is 32.1. The molecule has 0 saturated heterocycles. The molecule has 1 aliphatic carbocycles. The third kappa shape index (κ3) is 2.76. The number of carbonyl (C=O) groups excluding carboxylic acids is 1. The lowest BCUT2D eigenvalue weighted by Gasteiger charge is -2.09. The van der Waals surface area contributed by atoms with Gasteiger partial charge in [-0.05, 0) is 19.3 Å². The van der Waals surface area contributed by atoms with Crippen molar-refractivity contribution in [2.24, 2.45) is 11.7 Å². The van der Waals surface area contributed by atoms with Crippen LogP contribution in [-0.4, -0.2) is 16.9 Å². The third-order valence-corrected chi connectivity index (χ3v) is 3.41. The van der Waals surface area contributed by atoms with E-state index in [2.05, 4.69) is 10.3 Å². The van der Waals surface area contributed by atoms with Crippen molar-refractivity contribution >= 4 is 17.2 Å². The van der Waals surface area contributed by atoms with Gasteiger partial charge in [0.05, 0.1) is 17.7 Å². The summed E-state index contributed by atoms with van der Waals surface area (Å²) in [6, 6.07) is 0.208.